The number of hydrogen-bond acceptors (Lipinski definition) is 4. The predicted octanol–water partition coefficient (Wildman–Crippen LogP) is 1.01. The lowest BCUT2D eigenvalue weighted by atomic mass is 10.0. The number of carboxylic acids is 1. The Morgan fingerprint density at radius 3 is 2.77 bits per heavy atom. The summed E-state index contributed by atoms with van der Waals surface area (Å²) in [6, 6.07) is 0. The van der Waals surface area contributed by atoms with Crippen LogP contribution in [0.4, 0.5) is 5.88 Å². The van der Waals surface area contributed by atoms with E-state index in [4.69, 9.17) is 15.4 Å². The van der Waals surface area contributed by atoms with E-state index in [2.05, 4.69) is 5.16 Å². The fourth-order valence-corrected chi connectivity index (χ4v) is 1.12. The minimum atomic E-state index is -0.934. The van der Waals surface area contributed by atoms with E-state index in [1.54, 1.807) is 0 Å². The number of hydrogen-bond donors (Lipinski definition) is 2. The number of nitrogens with two attached hydrogens (primary N) is 1. The quantitative estimate of drug-likeness (QED) is 0.731. The number of carbonyl (C=O) groups is 1. The molecule has 13 heavy (non-hydrogen) atoms. The maximum absolute atomic E-state index is 10.5. The second-order valence-corrected chi connectivity index (χ2v) is 3.14. The second-order valence-electron chi connectivity index (χ2n) is 3.14. The van der Waals surface area contributed by atoms with Gasteiger partial charge in [-0.15, -0.1) is 0 Å². The molecule has 1 aromatic heterocycles. The minimum absolute atomic E-state index is 0.103. The standard InChI is InChI=1S/C8H12N2O3/c1-4(2)7-5(3-6(11)12)8(9)13-10-7/h4H,3,9H2,1-2H3,(H,11,12). The Morgan fingerprint density at radius 1 is 1.69 bits per heavy atom. The van der Waals surface area contributed by atoms with Crippen LogP contribution in [0.2, 0.25) is 0 Å². The number of aliphatic carboxylic acids is 1. The van der Waals surface area contributed by atoms with Gasteiger partial charge in [0.25, 0.3) is 0 Å². The highest BCUT2D eigenvalue weighted by Gasteiger charge is 2.18. The molecular formula is C8H12N2O3. The summed E-state index contributed by atoms with van der Waals surface area (Å²) in [7, 11) is 0. The largest absolute Gasteiger partial charge is 0.481 e. The molecule has 0 bridgehead atoms. The summed E-state index contributed by atoms with van der Waals surface area (Å²) in [5.41, 5.74) is 6.55. The first kappa shape index (κ1) is 9.57. The van der Waals surface area contributed by atoms with Gasteiger partial charge in [0, 0.05) is 0 Å². The molecule has 0 aliphatic carbocycles. The van der Waals surface area contributed by atoms with Crippen molar-refractivity contribution in [2.45, 2.75) is 26.2 Å². The Balaban J connectivity index is 3.01. The van der Waals surface area contributed by atoms with Crippen LogP contribution >= 0.6 is 0 Å². The molecule has 0 fully saturated rings. The van der Waals surface area contributed by atoms with Crippen molar-refractivity contribution in [2.75, 3.05) is 5.73 Å². The van der Waals surface area contributed by atoms with Crippen LogP contribution in [-0.2, 0) is 11.2 Å². The highest BCUT2D eigenvalue weighted by molar-refractivity contribution is 5.72. The Morgan fingerprint density at radius 2 is 2.31 bits per heavy atom. The summed E-state index contributed by atoms with van der Waals surface area (Å²) in [5, 5.41) is 12.3. The van der Waals surface area contributed by atoms with E-state index in [-0.39, 0.29) is 18.2 Å². The molecule has 0 saturated heterocycles. The van der Waals surface area contributed by atoms with Gasteiger partial charge >= 0.3 is 5.97 Å². The Bertz CT molecular complexity index is 317. The average Bonchev–Trinajstić information content (AvgIpc) is 2.32. The van der Waals surface area contributed by atoms with Gasteiger partial charge in [0.2, 0.25) is 5.88 Å². The number of nitrogen functional groups attached to an aromatic ring is 1. The molecule has 3 N–H and O–H groups in total. The highest BCUT2D eigenvalue weighted by Crippen LogP contribution is 2.23. The predicted molar refractivity (Wildman–Crippen MR) is 46.3 cm³/mol. The summed E-state index contributed by atoms with van der Waals surface area (Å²) >= 11 is 0. The van der Waals surface area contributed by atoms with E-state index in [9.17, 15) is 4.79 Å². The smallest absolute Gasteiger partial charge is 0.308 e. The first-order chi connectivity index (χ1) is 6.02. The molecule has 0 unspecified atom stereocenters. The molecule has 1 aromatic rings. The van der Waals surface area contributed by atoms with E-state index >= 15 is 0 Å². The topological polar surface area (TPSA) is 89.4 Å². The van der Waals surface area contributed by atoms with Crippen LogP contribution in [0.25, 0.3) is 0 Å². The van der Waals surface area contributed by atoms with Crippen LogP contribution in [0.1, 0.15) is 31.0 Å². The molecule has 0 spiro atoms. The third-order valence-electron chi connectivity index (χ3n) is 1.72. The lowest BCUT2D eigenvalue weighted by Gasteiger charge is -2.01. The lowest BCUT2D eigenvalue weighted by molar-refractivity contribution is -0.136. The zero-order valence-electron chi connectivity index (χ0n) is 7.57. The van der Waals surface area contributed by atoms with E-state index in [1.165, 1.54) is 0 Å². The van der Waals surface area contributed by atoms with Crippen LogP contribution in [-0.4, -0.2) is 16.2 Å². The molecule has 0 atom stereocenters. The summed E-state index contributed by atoms with van der Waals surface area (Å²) in [4.78, 5) is 10.5. The van der Waals surface area contributed by atoms with Crippen LogP contribution < -0.4 is 5.73 Å². The van der Waals surface area contributed by atoms with Crippen LogP contribution in [0.15, 0.2) is 4.52 Å². The van der Waals surface area contributed by atoms with E-state index in [1.807, 2.05) is 13.8 Å². The first-order valence-electron chi connectivity index (χ1n) is 3.98. The van der Waals surface area contributed by atoms with Crippen LogP contribution in [0.5, 0.6) is 0 Å². The number of rotatable bonds is 3. The summed E-state index contributed by atoms with van der Waals surface area (Å²) in [5.74, 6) is -0.710. The van der Waals surface area contributed by atoms with Crippen molar-refractivity contribution in [3.63, 3.8) is 0 Å². The SMILES string of the molecule is CC(C)c1noc(N)c1CC(=O)O. The van der Waals surface area contributed by atoms with E-state index in [0.29, 0.717) is 11.3 Å². The van der Waals surface area contributed by atoms with Gasteiger partial charge in [-0.25, -0.2) is 0 Å². The average molecular weight is 184 g/mol. The molecule has 0 radical (unpaired) electrons. The number of anilines is 1. The maximum atomic E-state index is 10.5. The zero-order chi connectivity index (χ0) is 10.0. The molecule has 0 aliphatic heterocycles. The molecule has 1 heterocycles. The molecular weight excluding hydrogens is 172 g/mol. The van der Waals surface area contributed by atoms with Gasteiger partial charge in [0.1, 0.15) is 0 Å². The third-order valence-corrected chi connectivity index (χ3v) is 1.72. The molecule has 1 rings (SSSR count). The Kier molecular flexibility index (Phi) is 2.55. The zero-order valence-corrected chi connectivity index (χ0v) is 7.57. The number of carboxylic acid groups (broad SMARTS) is 1. The van der Waals surface area contributed by atoms with Crippen LogP contribution in [0.3, 0.4) is 0 Å². The van der Waals surface area contributed by atoms with E-state index < -0.39 is 5.97 Å². The fraction of sp³-hybridized carbons (Fsp3) is 0.500. The van der Waals surface area contributed by atoms with Gasteiger partial charge in [0.15, 0.2) is 0 Å². The van der Waals surface area contributed by atoms with Crippen molar-refractivity contribution in [3.8, 4) is 0 Å². The van der Waals surface area contributed by atoms with E-state index in [0.717, 1.165) is 0 Å². The fourth-order valence-electron chi connectivity index (χ4n) is 1.12. The minimum Gasteiger partial charge on any atom is -0.481 e. The molecule has 5 nitrogen and oxygen atoms in total. The van der Waals surface area contributed by atoms with Gasteiger partial charge in [-0.1, -0.05) is 19.0 Å². The van der Waals surface area contributed by atoms with Crippen molar-refractivity contribution in [1.82, 2.24) is 5.16 Å². The Hall–Kier alpha value is -1.52. The normalized spacial score (nSPS) is 10.7. The molecule has 0 aliphatic rings. The molecule has 72 valence electrons. The summed E-state index contributed by atoms with van der Waals surface area (Å²) in [6.07, 6.45) is -0.136. The number of nitrogens with zero attached hydrogens (tertiary/aromatic N) is 1. The van der Waals surface area contributed by atoms with Gasteiger partial charge < -0.3 is 15.4 Å². The molecule has 5 heteroatoms. The summed E-state index contributed by atoms with van der Waals surface area (Å²) < 4.78 is 4.72. The van der Waals surface area contributed by atoms with Crippen molar-refractivity contribution >= 4 is 11.9 Å². The highest BCUT2D eigenvalue weighted by atomic mass is 16.5. The molecule has 0 saturated carbocycles. The van der Waals surface area contributed by atoms with Crippen molar-refractivity contribution in [2.24, 2.45) is 0 Å². The second kappa shape index (κ2) is 3.47. The third kappa shape index (κ3) is 1.99. The Labute approximate surface area is 75.5 Å². The van der Waals surface area contributed by atoms with Gasteiger partial charge in [-0.05, 0) is 5.92 Å². The van der Waals surface area contributed by atoms with Gasteiger partial charge in [-0.3, -0.25) is 4.79 Å². The monoisotopic (exact) mass is 184 g/mol. The van der Waals surface area contributed by atoms with Crippen LogP contribution in [0, 0.1) is 0 Å². The molecule has 0 amide bonds. The van der Waals surface area contributed by atoms with Gasteiger partial charge in [0.05, 0.1) is 17.7 Å². The molecule has 0 aromatic carbocycles. The van der Waals surface area contributed by atoms with Gasteiger partial charge in [-0.2, -0.15) is 0 Å². The first-order valence-corrected chi connectivity index (χ1v) is 3.98. The number of aromatic nitrogens is 1. The van der Waals surface area contributed by atoms with Crippen molar-refractivity contribution in [1.29, 1.82) is 0 Å². The van der Waals surface area contributed by atoms with Crippen molar-refractivity contribution in [3.05, 3.63) is 11.3 Å². The van der Waals surface area contributed by atoms with Crippen molar-refractivity contribution < 1.29 is 14.4 Å². The maximum Gasteiger partial charge on any atom is 0.308 e. The summed E-state index contributed by atoms with van der Waals surface area (Å²) in [6.45, 7) is 3.81. The lowest BCUT2D eigenvalue weighted by Crippen LogP contribution is -2.05.